The Bertz CT molecular complexity index is 377. The van der Waals surface area contributed by atoms with Crippen molar-refractivity contribution < 1.29 is 0 Å². The lowest BCUT2D eigenvalue weighted by Gasteiger charge is -2.26. The van der Waals surface area contributed by atoms with Gasteiger partial charge in [0.15, 0.2) is 0 Å². The molecule has 1 saturated heterocycles. The van der Waals surface area contributed by atoms with Crippen LogP contribution in [-0.4, -0.2) is 29.4 Å². The lowest BCUT2D eigenvalue weighted by Crippen LogP contribution is -2.32. The first-order valence-electron chi connectivity index (χ1n) is 6.34. The van der Waals surface area contributed by atoms with Gasteiger partial charge in [-0.05, 0) is 51.4 Å². The Hall–Kier alpha value is -0.870. The molecule has 4 heteroatoms. The number of hydrogen-bond acceptors (Lipinski definition) is 3. The Morgan fingerprint density at radius 1 is 1.19 bits per heavy atom. The number of nitrogens with one attached hydrogen (secondary N) is 2. The minimum absolute atomic E-state index is 0.614. The molecule has 2 aliphatic heterocycles. The molecule has 0 aromatic carbocycles. The maximum absolute atomic E-state index is 4.76. The average Bonchev–Trinajstić information content (AvgIpc) is 2.69. The van der Waals surface area contributed by atoms with E-state index in [9.17, 15) is 0 Å². The Labute approximate surface area is 96.4 Å². The third-order valence-corrected chi connectivity index (χ3v) is 3.82. The molecule has 3 heterocycles. The van der Waals surface area contributed by atoms with Crippen molar-refractivity contribution in [3.63, 3.8) is 0 Å². The first-order valence-corrected chi connectivity index (χ1v) is 6.34. The van der Waals surface area contributed by atoms with E-state index < -0.39 is 0 Å². The fraction of sp³-hybridized carbons (Fsp3) is 0.750. The predicted octanol–water partition coefficient (Wildman–Crippen LogP) is 0.762. The van der Waals surface area contributed by atoms with Crippen molar-refractivity contribution in [2.75, 3.05) is 19.6 Å². The fourth-order valence-corrected chi connectivity index (χ4v) is 2.92. The number of fused-ring (bicyclic) bond motifs is 1. The van der Waals surface area contributed by atoms with E-state index in [2.05, 4.69) is 22.2 Å². The number of nitrogens with zero attached hydrogens (tertiary/aromatic N) is 2. The van der Waals surface area contributed by atoms with Crippen molar-refractivity contribution in [3.8, 4) is 0 Å². The lowest BCUT2D eigenvalue weighted by molar-refractivity contribution is 0.330. The quantitative estimate of drug-likeness (QED) is 0.734. The Morgan fingerprint density at radius 2 is 2.00 bits per heavy atom. The minimum Gasteiger partial charge on any atom is -0.317 e. The third kappa shape index (κ3) is 1.66. The van der Waals surface area contributed by atoms with Crippen LogP contribution in [0.4, 0.5) is 0 Å². The monoisotopic (exact) mass is 220 g/mol. The second-order valence-electron chi connectivity index (χ2n) is 4.86. The van der Waals surface area contributed by atoms with Gasteiger partial charge in [-0.2, -0.15) is 5.10 Å². The van der Waals surface area contributed by atoms with Crippen molar-refractivity contribution in [1.82, 2.24) is 20.4 Å². The van der Waals surface area contributed by atoms with Crippen molar-refractivity contribution in [3.05, 3.63) is 17.0 Å². The molecule has 1 fully saturated rings. The zero-order chi connectivity index (χ0) is 11.0. The fourth-order valence-electron chi connectivity index (χ4n) is 2.92. The van der Waals surface area contributed by atoms with Crippen molar-refractivity contribution in [1.29, 1.82) is 0 Å². The zero-order valence-electron chi connectivity index (χ0n) is 9.92. The topological polar surface area (TPSA) is 41.9 Å². The Morgan fingerprint density at radius 3 is 2.81 bits per heavy atom. The average molecular weight is 220 g/mol. The van der Waals surface area contributed by atoms with Crippen molar-refractivity contribution >= 4 is 0 Å². The van der Waals surface area contributed by atoms with Crippen molar-refractivity contribution in [2.45, 2.75) is 38.8 Å². The normalized spacial score (nSPS) is 22.1. The molecule has 0 atom stereocenters. The smallest absolute Gasteiger partial charge is 0.0629 e. The van der Waals surface area contributed by atoms with Gasteiger partial charge in [-0.1, -0.05) is 0 Å². The highest BCUT2D eigenvalue weighted by molar-refractivity contribution is 5.28. The summed E-state index contributed by atoms with van der Waals surface area (Å²) in [6.07, 6.45) is 3.58. The molecule has 0 saturated carbocycles. The van der Waals surface area contributed by atoms with E-state index in [1.54, 1.807) is 0 Å². The summed E-state index contributed by atoms with van der Waals surface area (Å²) in [7, 11) is 0. The molecule has 0 aliphatic carbocycles. The maximum atomic E-state index is 4.76. The summed E-state index contributed by atoms with van der Waals surface area (Å²) in [4.78, 5) is 0. The molecule has 88 valence electrons. The first kappa shape index (κ1) is 10.3. The van der Waals surface area contributed by atoms with Crippen LogP contribution in [-0.2, 0) is 13.0 Å². The second-order valence-corrected chi connectivity index (χ2v) is 4.86. The molecule has 0 unspecified atom stereocenters. The molecule has 0 amide bonds. The van der Waals surface area contributed by atoms with E-state index >= 15 is 0 Å². The van der Waals surface area contributed by atoms with Crippen LogP contribution in [0.1, 0.15) is 35.8 Å². The van der Waals surface area contributed by atoms with Gasteiger partial charge in [-0.25, -0.2) is 0 Å². The van der Waals surface area contributed by atoms with E-state index in [4.69, 9.17) is 5.10 Å². The Balaban J connectivity index is 1.93. The molecule has 0 radical (unpaired) electrons. The number of piperidine rings is 1. The molecule has 3 rings (SSSR count). The van der Waals surface area contributed by atoms with Crippen LogP contribution in [0.5, 0.6) is 0 Å². The summed E-state index contributed by atoms with van der Waals surface area (Å²) in [5, 5.41) is 11.6. The summed E-state index contributed by atoms with van der Waals surface area (Å²) in [6.45, 7) is 6.52. The van der Waals surface area contributed by atoms with E-state index in [-0.39, 0.29) is 0 Å². The van der Waals surface area contributed by atoms with Crippen LogP contribution >= 0.6 is 0 Å². The predicted molar refractivity (Wildman–Crippen MR) is 63.5 cm³/mol. The molecule has 1 aromatic heterocycles. The summed E-state index contributed by atoms with van der Waals surface area (Å²) in [5.74, 6) is 0. The standard InChI is InChI=1S/C12H20N4/c1-9-11-4-7-14-8-12(11)16(15-9)10-2-5-13-6-3-10/h10,13-14H,2-8H2,1H3. The summed E-state index contributed by atoms with van der Waals surface area (Å²) < 4.78 is 2.30. The Kier molecular flexibility index (Phi) is 2.69. The summed E-state index contributed by atoms with van der Waals surface area (Å²) >= 11 is 0. The molecule has 2 N–H and O–H groups in total. The molecular formula is C12H20N4. The SMILES string of the molecule is Cc1nn(C2CCNCC2)c2c1CCNC2. The van der Waals surface area contributed by atoms with Gasteiger partial charge in [0.1, 0.15) is 0 Å². The number of hydrogen-bond donors (Lipinski definition) is 2. The van der Waals surface area contributed by atoms with Gasteiger partial charge < -0.3 is 10.6 Å². The highest BCUT2D eigenvalue weighted by Crippen LogP contribution is 2.25. The van der Waals surface area contributed by atoms with Gasteiger partial charge in [0.2, 0.25) is 0 Å². The van der Waals surface area contributed by atoms with Crippen molar-refractivity contribution in [2.24, 2.45) is 0 Å². The third-order valence-electron chi connectivity index (χ3n) is 3.82. The van der Waals surface area contributed by atoms with Crippen LogP contribution < -0.4 is 10.6 Å². The molecular weight excluding hydrogens is 200 g/mol. The summed E-state index contributed by atoms with van der Waals surface area (Å²) in [6, 6.07) is 0.614. The zero-order valence-corrected chi connectivity index (χ0v) is 9.92. The van der Waals surface area contributed by atoms with Gasteiger partial charge in [0, 0.05) is 6.54 Å². The van der Waals surface area contributed by atoms with Crippen LogP contribution in [0.15, 0.2) is 0 Å². The lowest BCUT2D eigenvalue weighted by atomic mass is 10.0. The summed E-state index contributed by atoms with van der Waals surface area (Å²) in [5.41, 5.74) is 4.18. The molecule has 4 nitrogen and oxygen atoms in total. The molecule has 2 aliphatic rings. The number of aryl methyl sites for hydroxylation is 1. The van der Waals surface area contributed by atoms with Gasteiger partial charge in [-0.3, -0.25) is 4.68 Å². The van der Waals surface area contributed by atoms with Crippen LogP contribution in [0.2, 0.25) is 0 Å². The molecule has 16 heavy (non-hydrogen) atoms. The van der Waals surface area contributed by atoms with E-state index in [0.717, 1.165) is 32.6 Å². The van der Waals surface area contributed by atoms with Crippen LogP contribution in [0.25, 0.3) is 0 Å². The van der Waals surface area contributed by atoms with Crippen LogP contribution in [0, 0.1) is 6.92 Å². The van der Waals surface area contributed by atoms with Gasteiger partial charge in [0.05, 0.1) is 17.4 Å². The second kappa shape index (κ2) is 4.18. The maximum Gasteiger partial charge on any atom is 0.0629 e. The number of rotatable bonds is 1. The highest BCUT2D eigenvalue weighted by Gasteiger charge is 2.23. The molecule has 0 spiro atoms. The van der Waals surface area contributed by atoms with Crippen LogP contribution in [0.3, 0.4) is 0 Å². The minimum atomic E-state index is 0.614. The van der Waals surface area contributed by atoms with Gasteiger partial charge in [0.25, 0.3) is 0 Å². The number of aromatic nitrogens is 2. The van der Waals surface area contributed by atoms with Gasteiger partial charge in [-0.15, -0.1) is 0 Å². The van der Waals surface area contributed by atoms with Gasteiger partial charge >= 0.3 is 0 Å². The largest absolute Gasteiger partial charge is 0.317 e. The highest BCUT2D eigenvalue weighted by atomic mass is 15.3. The van der Waals surface area contributed by atoms with E-state index in [1.807, 2.05) is 0 Å². The van der Waals surface area contributed by atoms with E-state index in [0.29, 0.717) is 6.04 Å². The molecule has 1 aromatic rings. The first-order chi connectivity index (χ1) is 7.86. The van der Waals surface area contributed by atoms with E-state index in [1.165, 1.54) is 29.8 Å². The molecule has 0 bridgehead atoms.